The first-order valence-electron chi connectivity index (χ1n) is 8.79. The van der Waals surface area contributed by atoms with Crippen LogP contribution in [-0.4, -0.2) is 34.0 Å². The van der Waals surface area contributed by atoms with Crippen LogP contribution in [0, 0.1) is 6.92 Å². The Kier molecular flexibility index (Phi) is 5.71. The van der Waals surface area contributed by atoms with Gasteiger partial charge in [0, 0.05) is 5.02 Å². The van der Waals surface area contributed by atoms with Crippen molar-refractivity contribution in [1.29, 1.82) is 0 Å². The highest BCUT2D eigenvalue weighted by molar-refractivity contribution is 6.30. The summed E-state index contributed by atoms with van der Waals surface area (Å²) in [5.74, 6) is -0.190. The predicted molar refractivity (Wildman–Crippen MR) is 97.8 cm³/mol. The van der Waals surface area contributed by atoms with Gasteiger partial charge in [0.1, 0.15) is 0 Å². The lowest BCUT2D eigenvalue weighted by molar-refractivity contribution is 0.0929. The smallest absolute Gasteiger partial charge is 0.274 e. The molecular weight excluding hydrogens is 338 g/mol. The summed E-state index contributed by atoms with van der Waals surface area (Å²) in [5, 5.41) is 15.4. The van der Waals surface area contributed by atoms with E-state index in [1.165, 1.54) is 0 Å². The van der Waals surface area contributed by atoms with E-state index in [4.69, 9.17) is 11.6 Å². The van der Waals surface area contributed by atoms with Gasteiger partial charge in [-0.25, -0.2) is 4.68 Å². The third-order valence-corrected chi connectivity index (χ3v) is 5.00. The van der Waals surface area contributed by atoms with E-state index in [0.717, 1.165) is 43.6 Å². The second kappa shape index (κ2) is 7.97. The molecule has 2 aromatic rings. The van der Waals surface area contributed by atoms with E-state index in [0.29, 0.717) is 16.8 Å². The van der Waals surface area contributed by atoms with Crippen molar-refractivity contribution in [3.63, 3.8) is 0 Å². The summed E-state index contributed by atoms with van der Waals surface area (Å²) in [7, 11) is 0. The summed E-state index contributed by atoms with van der Waals surface area (Å²) < 4.78 is 1.90. The van der Waals surface area contributed by atoms with Crippen molar-refractivity contribution in [3.05, 3.63) is 46.2 Å². The Labute approximate surface area is 152 Å². The zero-order chi connectivity index (χ0) is 17.8. The number of rotatable bonds is 5. The first-order chi connectivity index (χ1) is 12.1. The highest BCUT2D eigenvalue weighted by Crippen LogP contribution is 2.23. The summed E-state index contributed by atoms with van der Waals surface area (Å²) in [5.41, 5.74) is 2.22. The van der Waals surface area contributed by atoms with E-state index in [1.807, 2.05) is 42.8 Å². The first kappa shape index (κ1) is 17.9. The van der Waals surface area contributed by atoms with Gasteiger partial charge in [0.2, 0.25) is 0 Å². The quantitative estimate of drug-likeness (QED) is 0.858. The minimum atomic E-state index is -0.190. The van der Waals surface area contributed by atoms with Crippen LogP contribution in [0.1, 0.15) is 60.0 Å². The molecule has 1 aliphatic rings. The number of hydrogen-bond donors (Lipinski definition) is 2. The van der Waals surface area contributed by atoms with Gasteiger partial charge in [-0.15, -0.1) is 5.10 Å². The van der Waals surface area contributed by atoms with Crippen molar-refractivity contribution in [3.8, 4) is 0 Å². The fourth-order valence-electron chi connectivity index (χ4n) is 3.32. The summed E-state index contributed by atoms with van der Waals surface area (Å²) >= 11 is 6.07. The molecule has 0 saturated carbocycles. The number of amides is 1. The molecule has 0 radical (unpaired) electrons. The van der Waals surface area contributed by atoms with Crippen LogP contribution in [0.25, 0.3) is 0 Å². The predicted octanol–water partition coefficient (Wildman–Crippen LogP) is 3.05. The van der Waals surface area contributed by atoms with Gasteiger partial charge in [-0.2, -0.15) is 0 Å². The molecule has 1 amide bonds. The zero-order valence-electron chi connectivity index (χ0n) is 14.6. The van der Waals surface area contributed by atoms with Crippen LogP contribution in [-0.2, 0) is 0 Å². The highest BCUT2D eigenvalue weighted by atomic mass is 35.5. The normalized spacial score (nSPS) is 16.6. The average molecular weight is 362 g/mol. The molecule has 2 heterocycles. The molecule has 0 aliphatic carbocycles. The monoisotopic (exact) mass is 361 g/mol. The second-order valence-corrected chi connectivity index (χ2v) is 6.87. The number of piperidine rings is 1. The SMILES string of the molecule is CCC(NC(=O)c1nnn(C2CCNCC2)c1C)c1cccc(Cl)c1. The first-order valence-corrected chi connectivity index (χ1v) is 9.16. The summed E-state index contributed by atoms with van der Waals surface area (Å²) in [6, 6.07) is 7.78. The summed E-state index contributed by atoms with van der Waals surface area (Å²) in [6.45, 7) is 5.89. The van der Waals surface area contributed by atoms with Crippen LogP contribution < -0.4 is 10.6 Å². The molecule has 1 aromatic carbocycles. The van der Waals surface area contributed by atoms with Crippen molar-refractivity contribution in [2.24, 2.45) is 0 Å². The number of aromatic nitrogens is 3. The Morgan fingerprint density at radius 3 is 2.88 bits per heavy atom. The van der Waals surface area contributed by atoms with E-state index in [2.05, 4.69) is 20.9 Å². The Morgan fingerprint density at radius 1 is 1.44 bits per heavy atom. The van der Waals surface area contributed by atoms with Gasteiger partial charge in [-0.05, 0) is 57.0 Å². The van der Waals surface area contributed by atoms with E-state index in [1.54, 1.807) is 0 Å². The van der Waals surface area contributed by atoms with Crippen molar-refractivity contribution in [2.45, 2.75) is 45.2 Å². The van der Waals surface area contributed by atoms with Crippen LogP contribution in [0.4, 0.5) is 0 Å². The topological polar surface area (TPSA) is 71.8 Å². The molecule has 1 aliphatic heterocycles. The Balaban J connectivity index is 1.75. The third-order valence-electron chi connectivity index (χ3n) is 4.76. The van der Waals surface area contributed by atoms with Crippen LogP contribution in [0.3, 0.4) is 0 Å². The fraction of sp³-hybridized carbons (Fsp3) is 0.500. The third kappa shape index (κ3) is 4.02. The molecule has 1 aromatic heterocycles. The van der Waals surface area contributed by atoms with E-state index in [9.17, 15) is 4.79 Å². The molecular formula is C18H24ClN5O. The highest BCUT2D eigenvalue weighted by Gasteiger charge is 2.24. The van der Waals surface area contributed by atoms with Gasteiger partial charge in [0.15, 0.2) is 5.69 Å². The maximum absolute atomic E-state index is 12.7. The molecule has 0 spiro atoms. The van der Waals surface area contributed by atoms with Crippen molar-refractivity contribution in [2.75, 3.05) is 13.1 Å². The molecule has 1 atom stereocenters. The summed E-state index contributed by atoms with van der Waals surface area (Å²) in [6.07, 6.45) is 2.78. The second-order valence-electron chi connectivity index (χ2n) is 6.44. The lowest BCUT2D eigenvalue weighted by Gasteiger charge is -2.23. The molecule has 6 nitrogen and oxygen atoms in total. The number of hydrogen-bond acceptors (Lipinski definition) is 4. The molecule has 25 heavy (non-hydrogen) atoms. The van der Waals surface area contributed by atoms with E-state index < -0.39 is 0 Å². The molecule has 1 fully saturated rings. The largest absolute Gasteiger partial charge is 0.344 e. The van der Waals surface area contributed by atoms with Gasteiger partial charge in [0.25, 0.3) is 5.91 Å². The molecule has 0 bridgehead atoms. The number of carbonyl (C=O) groups excluding carboxylic acids is 1. The van der Waals surface area contributed by atoms with Gasteiger partial charge >= 0.3 is 0 Å². The molecule has 7 heteroatoms. The maximum atomic E-state index is 12.7. The van der Waals surface area contributed by atoms with Crippen LogP contribution in [0.5, 0.6) is 0 Å². The van der Waals surface area contributed by atoms with Crippen molar-refractivity contribution >= 4 is 17.5 Å². The Hall–Kier alpha value is -1.92. The number of carbonyl (C=O) groups is 1. The average Bonchev–Trinajstić information content (AvgIpc) is 3.02. The number of halogens is 1. The van der Waals surface area contributed by atoms with Crippen molar-refractivity contribution < 1.29 is 4.79 Å². The molecule has 1 unspecified atom stereocenters. The molecule has 3 rings (SSSR count). The van der Waals surface area contributed by atoms with Crippen LogP contribution in [0.2, 0.25) is 5.02 Å². The van der Waals surface area contributed by atoms with Gasteiger partial charge < -0.3 is 10.6 Å². The fourth-order valence-corrected chi connectivity index (χ4v) is 3.52. The number of benzene rings is 1. The molecule has 134 valence electrons. The van der Waals surface area contributed by atoms with E-state index >= 15 is 0 Å². The van der Waals surface area contributed by atoms with E-state index in [-0.39, 0.29) is 11.9 Å². The number of nitrogens with zero attached hydrogens (tertiary/aromatic N) is 3. The minimum Gasteiger partial charge on any atom is -0.344 e. The van der Waals surface area contributed by atoms with Gasteiger partial charge in [-0.3, -0.25) is 4.79 Å². The lowest BCUT2D eigenvalue weighted by atomic mass is 10.0. The van der Waals surface area contributed by atoms with Crippen LogP contribution >= 0.6 is 11.6 Å². The Morgan fingerprint density at radius 2 is 2.20 bits per heavy atom. The van der Waals surface area contributed by atoms with Gasteiger partial charge in [-0.1, -0.05) is 35.9 Å². The molecule has 2 N–H and O–H groups in total. The van der Waals surface area contributed by atoms with Gasteiger partial charge in [0.05, 0.1) is 17.8 Å². The molecule has 1 saturated heterocycles. The Bertz CT molecular complexity index is 739. The summed E-state index contributed by atoms with van der Waals surface area (Å²) in [4.78, 5) is 12.7. The minimum absolute atomic E-state index is 0.102. The van der Waals surface area contributed by atoms with Crippen molar-refractivity contribution in [1.82, 2.24) is 25.6 Å². The standard InChI is InChI=1S/C18H24ClN5O/c1-3-16(13-5-4-6-14(19)11-13)21-18(25)17-12(2)24(23-22-17)15-7-9-20-10-8-15/h4-6,11,15-16,20H,3,7-10H2,1-2H3,(H,21,25). The van der Waals surface area contributed by atoms with Crippen LogP contribution in [0.15, 0.2) is 24.3 Å². The zero-order valence-corrected chi connectivity index (χ0v) is 15.4. The number of nitrogens with one attached hydrogen (secondary N) is 2. The lowest BCUT2D eigenvalue weighted by Crippen LogP contribution is -2.31. The maximum Gasteiger partial charge on any atom is 0.274 e.